The monoisotopic (exact) mass is 390 g/mol. The van der Waals surface area contributed by atoms with Gasteiger partial charge in [0, 0.05) is 18.0 Å². The molecular formula is C20H21F3N4O. The summed E-state index contributed by atoms with van der Waals surface area (Å²) < 4.78 is 40.1. The maximum atomic E-state index is 13.0. The van der Waals surface area contributed by atoms with Gasteiger partial charge in [-0.2, -0.15) is 13.2 Å². The zero-order valence-electron chi connectivity index (χ0n) is 15.5. The molecule has 3 aromatic rings. The van der Waals surface area contributed by atoms with Crippen LogP contribution in [0.2, 0.25) is 0 Å². The Bertz CT molecular complexity index is 1040. The summed E-state index contributed by atoms with van der Waals surface area (Å²) in [6.45, 7) is 2.36. The van der Waals surface area contributed by atoms with E-state index in [2.05, 4.69) is 15.0 Å². The zero-order chi connectivity index (χ0) is 19.9. The van der Waals surface area contributed by atoms with Gasteiger partial charge in [0.05, 0.1) is 5.56 Å². The Balaban J connectivity index is 1.84. The highest BCUT2D eigenvalue weighted by Gasteiger charge is 2.30. The van der Waals surface area contributed by atoms with Crippen LogP contribution in [0, 0.1) is 0 Å². The second-order valence-corrected chi connectivity index (χ2v) is 7.27. The third kappa shape index (κ3) is 3.31. The van der Waals surface area contributed by atoms with Crippen LogP contribution in [0.3, 0.4) is 0 Å². The number of benzene rings is 1. The number of aromatic amines is 1. The fraction of sp³-hybridized carbons (Fsp3) is 0.450. The highest BCUT2D eigenvalue weighted by molar-refractivity contribution is 5.73. The molecule has 1 aliphatic carbocycles. The maximum Gasteiger partial charge on any atom is 0.416 e. The molecule has 0 saturated heterocycles. The lowest BCUT2D eigenvalue weighted by molar-refractivity contribution is -0.137. The van der Waals surface area contributed by atoms with Crippen LogP contribution >= 0.6 is 0 Å². The van der Waals surface area contributed by atoms with Gasteiger partial charge < -0.3 is 4.98 Å². The van der Waals surface area contributed by atoms with E-state index in [0.717, 1.165) is 43.6 Å². The Morgan fingerprint density at radius 3 is 2.43 bits per heavy atom. The Morgan fingerprint density at radius 2 is 1.82 bits per heavy atom. The standard InChI is InChI=1S/C20H21F3N4O/c1-2-11-27-18(13-7-9-14(10-8-13)20(21,22)23)26-17-15(19(27)28)24-16(25-17)12-5-3-4-6-12/h7-10,12H,2-6,11H2,1H3,(H,24,25). The minimum atomic E-state index is -4.41. The number of nitrogens with one attached hydrogen (secondary N) is 1. The largest absolute Gasteiger partial charge is 0.416 e. The van der Waals surface area contributed by atoms with Gasteiger partial charge in [0.25, 0.3) is 5.56 Å². The van der Waals surface area contributed by atoms with Gasteiger partial charge in [0.15, 0.2) is 11.2 Å². The average Bonchev–Trinajstić information content (AvgIpc) is 3.33. The summed E-state index contributed by atoms with van der Waals surface area (Å²) >= 11 is 0. The fourth-order valence-electron chi connectivity index (χ4n) is 3.86. The van der Waals surface area contributed by atoms with E-state index in [0.29, 0.717) is 41.4 Å². The molecule has 2 heterocycles. The first kappa shape index (κ1) is 18.7. The van der Waals surface area contributed by atoms with E-state index in [1.165, 1.54) is 16.7 Å². The molecule has 1 aromatic carbocycles. The maximum absolute atomic E-state index is 13.0. The predicted molar refractivity (Wildman–Crippen MR) is 100 cm³/mol. The SMILES string of the molecule is CCCn1c(-c2ccc(C(F)(F)F)cc2)nc2nc(C3CCCC3)[nH]c2c1=O. The van der Waals surface area contributed by atoms with Crippen molar-refractivity contribution in [3.63, 3.8) is 0 Å². The van der Waals surface area contributed by atoms with Crippen molar-refractivity contribution in [2.45, 2.75) is 57.7 Å². The first-order valence-electron chi connectivity index (χ1n) is 9.56. The number of aromatic nitrogens is 4. The lowest BCUT2D eigenvalue weighted by Crippen LogP contribution is -2.23. The predicted octanol–water partition coefficient (Wildman–Crippen LogP) is 4.87. The Hall–Kier alpha value is -2.64. The van der Waals surface area contributed by atoms with Crippen LogP contribution in [0.4, 0.5) is 13.2 Å². The van der Waals surface area contributed by atoms with Gasteiger partial charge in [-0.25, -0.2) is 9.97 Å². The zero-order valence-corrected chi connectivity index (χ0v) is 15.5. The number of imidazole rings is 1. The molecular weight excluding hydrogens is 369 g/mol. The van der Waals surface area contributed by atoms with Crippen LogP contribution in [0.1, 0.15) is 56.3 Å². The molecule has 0 unspecified atom stereocenters. The van der Waals surface area contributed by atoms with Crippen molar-refractivity contribution >= 4 is 11.2 Å². The van der Waals surface area contributed by atoms with E-state index in [4.69, 9.17) is 0 Å². The van der Waals surface area contributed by atoms with Gasteiger partial charge in [-0.15, -0.1) is 0 Å². The number of H-pyrrole nitrogens is 1. The van der Waals surface area contributed by atoms with Gasteiger partial charge in [-0.05, 0) is 31.4 Å². The highest BCUT2D eigenvalue weighted by atomic mass is 19.4. The first-order chi connectivity index (χ1) is 13.4. The van der Waals surface area contributed by atoms with Crippen molar-refractivity contribution in [1.29, 1.82) is 0 Å². The molecule has 5 nitrogen and oxygen atoms in total. The summed E-state index contributed by atoms with van der Waals surface area (Å²) in [4.78, 5) is 25.3. The summed E-state index contributed by atoms with van der Waals surface area (Å²) in [5.74, 6) is 1.44. The molecule has 148 valence electrons. The number of rotatable bonds is 4. The van der Waals surface area contributed by atoms with Gasteiger partial charge in [-0.1, -0.05) is 31.9 Å². The van der Waals surface area contributed by atoms with Crippen molar-refractivity contribution in [1.82, 2.24) is 19.5 Å². The average molecular weight is 390 g/mol. The number of fused-ring (bicyclic) bond motifs is 1. The molecule has 1 saturated carbocycles. The molecule has 0 bridgehead atoms. The van der Waals surface area contributed by atoms with E-state index >= 15 is 0 Å². The molecule has 4 rings (SSSR count). The number of hydrogen-bond donors (Lipinski definition) is 1. The lowest BCUT2D eigenvalue weighted by atomic mass is 10.1. The van der Waals surface area contributed by atoms with E-state index in [-0.39, 0.29) is 5.56 Å². The summed E-state index contributed by atoms with van der Waals surface area (Å²) in [5.41, 5.74) is 0.189. The van der Waals surface area contributed by atoms with Crippen LogP contribution in [0.25, 0.3) is 22.6 Å². The molecule has 0 atom stereocenters. The van der Waals surface area contributed by atoms with Gasteiger partial charge in [-0.3, -0.25) is 9.36 Å². The molecule has 0 radical (unpaired) electrons. The highest BCUT2D eigenvalue weighted by Crippen LogP contribution is 2.33. The third-order valence-electron chi connectivity index (χ3n) is 5.29. The fourth-order valence-corrected chi connectivity index (χ4v) is 3.86. The van der Waals surface area contributed by atoms with Crippen molar-refractivity contribution in [3.8, 4) is 11.4 Å². The first-order valence-corrected chi connectivity index (χ1v) is 9.56. The van der Waals surface area contributed by atoms with Gasteiger partial charge in [0.2, 0.25) is 0 Å². The van der Waals surface area contributed by atoms with Crippen molar-refractivity contribution in [2.75, 3.05) is 0 Å². The van der Waals surface area contributed by atoms with Crippen LogP contribution < -0.4 is 5.56 Å². The molecule has 0 spiro atoms. The van der Waals surface area contributed by atoms with Crippen molar-refractivity contribution in [2.24, 2.45) is 0 Å². The minimum absolute atomic E-state index is 0.238. The van der Waals surface area contributed by atoms with Crippen LogP contribution in [-0.4, -0.2) is 19.5 Å². The number of alkyl halides is 3. The van der Waals surface area contributed by atoms with Crippen LogP contribution in [0.5, 0.6) is 0 Å². The van der Waals surface area contributed by atoms with Gasteiger partial charge in [0.1, 0.15) is 11.6 Å². The van der Waals surface area contributed by atoms with Crippen molar-refractivity contribution in [3.05, 3.63) is 46.0 Å². The Kier molecular flexibility index (Phi) is 4.72. The molecule has 8 heteroatoms. The van der Waals surface area contributed by atoms with E-state index in [1.54, 1.807) is 0 Å². The normalized spacial score (nSPS) is 15.6. The quantitative estimate of drug-likeness (QED) is 0.691. The third-order valence-corrected chi connectivity index (χ3v) is 5.29. The summed E-state index contributed by atoms with van der Waals surface area (Å²) in [6, 6.07) is 4.73. The number of halogens is 3. The minimum Gasteiger partial charge on any atom is -0.336 e. The molecule has 0 amide bonds. The molecule has 1 aliphatic rings. The molecule has 1 fully saturated rings. The van der Waals surface area contributed by atoms with Crippen molar-refractivity contribution < 1.29 is 13.2 Å². The van der Waals surface area contributed by atoms with E-state index in [1.807, 2.05) is 6.92 Å². The Morgan fingerprint density at radius 1 is 1.14 bits per heavy atom. The van der Waals surface area contributed by atoms with E-state index in [9.17, 15) is 18.0 Å². The molecule has 28 heavy (non-hydrogen) atoms. The van der Waals surface area contributed by atoms with Gasteiger partial charge >= 0.3 is 6.18 Å². The Labute approximate surface area is 159 Å². The number of nitrogens with zero attached hydrogens (tertiary/aromatic N) is 3. The summed E-state index contributed by atoms with van der Waals surface area (Å²) in [6.07, 6.45) is 0.656. The second kappa shape index (κ2) is 7.07. The second-order valence-electron chi connectivity index (χ2n) is 7.27. The molecule has 2 aromatic heterocycles. The smallest absolute Gasteiger partial charge is 0.336 e. The molecule has 0 aliphatic heterocycles. The lowest BCUT2D eigenvalue weighted by Gasteiger charge is -2.12. The summed E-state index contributed by atoms with van der Waals surface area (Å²) in [7, 11) is 0. The van der Waals surface area contributed by atoms with Crippen LogP contribution in [0.15, 0.2) is 29.1 Å². The van der Waals surface area contributed by atoms with Crippen LogP contribution in [-0.2, 0) is 12.7 Å². The van der Waals surface area contributed by atoms with E-state index < -0.39 is 11.7 Å². The number of hydrogen-bond acceptors (Lipinski definition) is 3. The molecule has 1 N–H and O–H groups in total. The summed E-state index contributed by atoms with van der Waals surface area (Å²) in [5, 5.41) is 0. The topological polar surface area (TPSA) is 63.6 Å².